The van der Waals surface area contributed by atoms with Crippen LogP contribution in [0.15, 0.2) is 103 Å². The molecule has 0 aliphatic rings. The third-order valence-corrected chi connectivity index (χ3v) is 12.2. The molecular weight excluding hydrogens is 786 g/mol. The number of allylic oxidation sites excluding steroid dienone is 1. The topological polar surface area (TPSA) is 35.5 Å². The Bertz CT molecular complexity index is 2100. The molecule has 0 radical (unpaired) electrons. The van der Waals surface area contributed by atoms with Gasteiger partial charge in [-0.15, -0.1) is 0 Å². The number of halogens is 4. The normalized spacial score (nSPS) is 11.0. The van der Waals surface area contributed by atoms with Crippen LogP contribution in [-0.2, 0) is 0 Å². The summed E-state index contributed by atoms with van der Waals surface area (Å²) in [6.07, 6.45) is 6.50. The van der Waals surface area contributed by atoms with Gasteiger partial charge in [0.1, 0.15) is 0 Å². The van der Waals surface area contributed by atoms with Crippen LogP contribution in [0.4, 0.5) is 17.6 Å². The fourth-order valence-electron chi connectivity index (χ4n) is 5.12. The molecule has 6 aromatic rings. The van der Waals surface area contributed by atoms with Gasteiger partial charge in [-0.1, -0.05) is 13.8 Å². The summed E-state index contributed by atoms with van der Waals surface area (Å²) in [6, 6.07) is 28.9. The molecule has 0 N–H and O–H groups in total. The minimum absolute atomic E-state index is 0.00110. The quantitative estimate of drug-likeness (QED) is 0.0701. The molecule has 51 heavy (non-hydrogen) atoms. The molecule has 0 bridgehead atoms. The zero-order valence-electron chi connectivity index (χ0n) is 28.4. The molecule has 0 spiro atoms. The standard InChI is InChI=1S/C22H20F2OSe.C20H16F2O2Se/c1-3-5-17-10-13-20(26-17)16-8-6-15(7-9-16)18-11-12-19(25-14-4-2)22(24)21(18)23;1-2-11-24-17-9-8-16(19(21)20(17)22)13-3-5-14(6-4-13)18-10-7-15(12-23)25-18/h3,5-13H,4,14H2,1-2H3;3-10,12H,2,11H2,1H3. The third-order valence-electron chi connectivity index (χ3n) is 7.68. The van der Waals surface area contributed by atoms with Crippen molar-refractivity contribution in [3.8, 4) is 53.8 Å². The molecule has 0 aliphatic carbocycles. The van der Waals surface area contributed by atoms with Gasteiger partial charge in [-0.25, -0.2) is 0 Å². The average Bonchev–Trinajstić information content (AvgIpc) is 3.84. The average molecular weight is 823 g/mol. The van der Waals surface area contributed by atoms with Gasteiger partial charge >= 0.3 is 295 Å². The van der Waals surface area contributed by atoms with Crippen molar-refractivity contribution in [3.05, 3.63) is 135 Å². The second-order valence-electron chi connectivity index (χ2n) is 11.4. The van der Waals surface area contributed by atoms with E-state index in [9.17, 15) is 22.4 Å². The van der Waals surface area contributed by atoms with Gasteiger partial charge in [0.2, 0.25) is 0 Å². The van der Waals surface area contributed by atoms with Crippen molar-refractivity contribution < 1.29 is 31.8 Å². The van der Waals surface area contributed by atoms with E-state index in [4.69, 9.17) is 9.47 Å². The number of hydrogen-bond donors (Lipinski definition) is 0. The van der Waals surface area contributed by atoms with Crippen LogP contribution in [0.25, 0.3) is 48.3 Å². The summed E-state index contributed by atoms with van der Waals surface area (Å²) in [5.41, 5.74) is 3.80. The number of carbonyl (C=O) groups excluding carboxylic acids is 1. The molecule has 0 fully saturated rings. The van der Waals surface area contributed by atoms with Gasteiger partial charge in [-0.2, -0.15) is 0 Å². The number of ether oxygens (including phenoxy) is 2. The number of carbonyl (C=O) groups is 1. The molecule has 0 atom stereocenters. The van der Waals surface area contributed by atoms with E-state index >= 15 is 0 Å². The summed E-state index contributed by atoms with van der Waals surface area (Å²) in [7, 11) is 0. The monoisotopic (exact) mass is 824 g/mol. The van der Waals surface area contributed by atoms with Crippen molar-refractivity contribution >= 4 is 41.4 Å². The molecule has 0 unspecified atom stereocenters. The summed E-state index contributed by atoms with van der Waals surface area (Å²) < 4.78 is 72.1. The Morgan fingerprint density at radius 2 is 0.941 bits per heavy atom. The van der Waals surface area contributed by atoms with Crippen LogP contribution in [0.5, 0.6) is 11.5 Å². The van der Waals surface area contributed by atoms with Crippen molar-refractivity contribution in [3.63, 3.8) is 0 Å². The van der Waals surface area contributed by atoms with Crippen LogP contribution in [0.3, 0.4) is 0 Å². The molecular formula is C42H36F4O3Se2. The third kappa shape index (κ3) is 9.29. The van der Waals surface area contributed by atoms with Crippen LogP contribution in [0.1, 0.15) is 47.3 Å². The van der Waals surface area contributed by atoms with Crippen LogP contribution >= 0.6 is 0 Å². The van der Waals surface area contributed by atoms with Gasteiger partial charge in [0, 0.05) is 0 Å². The number of benzene rings is 4. The van der Waals surface area contributed by atoms with E-state index < -0.39 is 23.3 Å². The molecule has 0 saturated carbocycles. The van der Waals surface area contributed by atoms with Gasteiger partial charge in [-0.05, 0) is 0 Å². The summed E-state index contributed by atoms with van der Waals surface area (Å²) in [4.78, 5) is 10.8. The fourth-order valence-corrected chi connectivity index (χ4v) is 8.92. The van der Waals surface area contributed by atoms with Gasteiger partial charge in [0.25, 0.3) is 0 Å². The number of rotatable bonds is 12. The van der Waals surface area contributed by atoms with Gasteiger partial charge in [0.15, 0.2) is 0 Å². The molecule has 3 nitrogen and oxygen atoms in total. The Balaban J connectivity index is 0.000000198. The van der Waals surface area contributed by atoms with E-state index in [2.05, 4.69) is 18.2 Å². The first kappa shape index (κ1) is 37.9. The van der Waals surface area contributed by atoms with E-state index in [1.807, 2.05) is 75.4 Å². The summed E-state index contributed by atoms with van der Waals surface area (Å²) in [6.45, 7) is 6.54. The molecule has 4 aromatic carbocycles. The number of aldehydes is 1. The van der Waals surface area contributed by atoms with Gasteiger partial charge < -0.3 is 0 Å². The first-order valence-electron chi connectivity index (χ1n) is 16.5. The molecule has 262 valence electrons. The Hall–Kier alpha value is -4.39. The first-order chi connectivity index (χ1) is 24.8. The zero-order valence-corrected chi connectivity index (χ0v) is 31.8. The zero-order chi connectivity index (χ0) is 36.3. The Labute approximate surface area is 307 Å². The van der Waals surface area contributed by atoms with Crippen molar-refractivity contribution in [1.29, 1.82) is 0 Å². The SMILES string of the molecule is CC=Cc1ccc(-c2ccc(-c3ccc(OCCC)c(F)c3F)cc2)[se]1.CCCOc1ccc(-c2ccc(-c3ccc(C=O)[se]3)cc2)c(F)c1F. The molecule has 2 heterocycles. The predicted octanol–water partition coefficient (Wildman–Crippen LogP) is 11.1. The Morgan fingerprint density at radius 1 is 0.529 bits per heavy atom. The van der Waals surface area contributed by atoms with Crippen LogP contribution in [0.2, 0.25) is 0 Å². The fraction of sp³-hybridized carbons (Fsp3) is 0.167. The summed E-state index contributed by atoms with van der Waals surface area (Å²) in [5, 5.41) is 0. The number of hydrogen-bond acceptors (Lipinski definition) is 3. The van der Waals surface area contributed by atoms with E-state index in [0.29, 0.717) is 24.3 Å². The maximum absolute atomic E-state index is 14.4. The predicted molar refractivity (Wildman–Crippen MR) is 200 cm³/mol. The van der Waals surface area contributed by atoms with Crippen molar-refractivity contribution in [1.82, 2.24) is 0 Å². The van der Waals surface area contributed by atoms with E-state index in [-0.39, 0.29) is 51.6 Å². The van der Waals surface area contributed by atoms with Crippen LogP contribution < -0.4 is 9.47 Å². The van der Waals surface area contributed by atoms with Crippen LogP contribution in [-0.4, -0.2) is 48.5 Å². The van der Waals surface area contributed by atoms with Gasteiger partial charge in [-0.3, -0.25) is 0 Å². The molecule has 0 saturated heterocycles. The Morgan fingerprint density at radius 3 is 1.33 bits per heavy atom. The second-order valence-corrected chi connectivity index (χ2v) is 16.0. The molecule has 0 amide bonds. The van der Waals surface area contributed by atoms with Gasteiger partial charge in [0.05, 0.1) is 0 Å². The maximum atomic E-state index is 14.4. The van der Waals surface area contributed by atoms with E-state index in [1.54, 1.807) is 18.2 Å². The molecule has 0 aliphatic heterocycles. The molecule has 6 rings (SSSR count). The second kappa shape index (κ2) is 18.2. The molecule has 2 aromatic heterocycles. The van der Waals surface area contributed by atoms with E-state index in [1.165, 1.54) is 27.1 Å². The van der Waals surface area contributed by atoms with Crippen molar-refractivity contribution in [2.45, 2.75) is 33.6 Å². The van der Waals surface area contributed by atoms with Crippen molar-refractivity contribution in [2.75, 3.05) is 13.2 Å². The van der Waals surface area contributed by atoms with Crippen LogP contribution in [0, 0.1) is 23.3 Å². The Kier molecular flexibility index (Phi) is 13.5. The van der Waals surface area contributed by atoms with E-state index in [0.717, 1.165) is 39.1 Å². The minimum atomic E-state index is -0.961. The van der Waals surface area contributed by atoms with Crippen molar-refractivity contribution in [2.24, 2.45) is 0 Å². The summed E-state index contributed by atoms with van der Waals surface area (Å²) >= 11 is 0.280. The summed E-state index contributed by atoms with van der Waals surface area (Å²) in [5.74, 6) is -3.76. The molecule has 9 heteroatoms. The first-order valence-corrected chi connectivity index (χ1v) is 19.9.